The maximum Gasteiger partial charge on any atom is 0.339 e. The third-order valence-electron chi connectivity index (χ3n) is 13.2. The van der Waals surface area contributed by atoms with Crippen molar-refractivity contribution >= 4 is 28.7 Å². The minimum Gasteiger partial charge on any atom is -0.489 e. The molecule has 0 bridgehead atoms. The van der Waals surface area contributed by atoms with E-state index in [1.54, 1.807) is 26.0 Å². The van der Waals surface area contributed by atoms with Crippen molar-refractivity contribution in [3.8, 4) is 11.5 Å². The Labute approximate surface area is 431 Å². The van der Waals surface area contributed by atoms with Crippen LogP contribution in [0.2, 0.25) is 0 Å². The predicted octanol–water partition coefficient (Wildman–Crippen LogP) is 16.8. The molecule has 0 saturated heterocycles. The number of rotatable bonds is 49. The monoisotopic (exact) mass is 993 g/mol. The van der Waals surface area contributed by atoms with Gasteiger partial charge in [-0.1, -0.05) is 244 Å². The fraction of sp³-hybridized carbons (Fsp3) is 0.721. The molecule has 0 saturated carbocycles. The summed E-state index contributed by atoms with van der Waals surface area (Å²) in [6.07, 6.45) is 39.7. The Kier molecular flexibility index (Phi) is 37.9. The quantitative estimate of drug-likeness (QED) is 0.0389. The molecule has 10 nitrogen and oxygen atoms in total. The summed E-state index contributed by atoms with van der Waals surface area (Å²) in [6.45, 7) is 16.2. The largest absolute Gasteiger partial charge is 0.489 e. The molecule has 404 valence electrons. The van der Waals surface area contributed by atoms with Gasteiger partial charge in [-0.15, -0.1) is 0 Å². The Morgan fingerprint density at radius 2 is 0.789 bits per heavy atom. The number of hydrogen-bond acceptors (Lipinski definition) is 9. The Morgan fingerprint density at radius 3 is 1.13 bits per heavy atom. The topological polar surface area (TPSA) is 127 Å². The molecule has 2 aromatic rings. The molecule has 10 heteroatoms. The van der Waals surface area contributed by atoms with Gasteiger partial charge in [0.1, 0.15) is 30.3 Å². The third kappa shape index (κ3) is 31.3. The number of esters is 2. The first-order valence-electron chi connectivity index (χ1n) is 28.5. The van der Waals surface area contributed by atoms with Crippen LogP contribution in [0.5, 0.6) is 11.5 Å². The number of carboxylic acids is 1. The number of aromatic carboxylic acids is 1. The summed E-state index contributed by atoms with van der Waals surface area (Å²) in [7, 11) is 0. The van der Waals surface area contributed by atoms with Crippen molar-refractivity contribution < 1.29 is 47.9 Å². The molecule has 0 aromatic heterocycles. The maximum absolute atomic E-state index is 12.8. The van der Waals surface area contributed by atoms with Crippen molar-refractivity contribution in [2.75, 3.05) is 39.6 Å². The van der Waals surface area contributed by atoms with E-state index in [4.69, 9.17) is 28.4 Å². The highest BCUT2D eigenvalue weighted by Gasteiger charge is 2.24. The first kappa shape index (κ1) is 63.2. The van der Waals surface area contributed by atoms with E-state index in [-0.39, 0.29) is 54.6 Å². The fourth-order valence-corrected chi connectivity index (χ4v) is 8.78. The van der Waals surface area contributed by atoms with Crippen molar-refractivity contribution in [1.82, 2.24) is 0 Å². The van der Waals surface area contributed by atoms with Crippen LogP contribution in [0.15, 0.2) is 54.6 Å². The van der Waals surface area contributed by atoms with Crippen molar-refractivity contribution in [2.45, 2.75) is 245 Å². The molecule has 2 atom stereocenters. The summed E-state index contributed by atoms with van der Waals surface area (Å²) in [5.41, 5.74) is 0.364. The van der Waals surface area contributed by atoms with Gasteiger partial charge < -0.3 is 33.5 Å². The van der Waals surface area contributed by atoms with E-state index in [1.807, 2.05) is 12.1 Å². The molecule has 0 aliphatic rings. The second-order valence-electron chi connectivity index (χ2n) is 20.1. The SMILES string of the molecule is C=C(C)C(=O)OC(COCCCCCCCCCCCCCCCCCC)COc1cc(C(=O)O)c(OCC(COCCCCCCCCCCCCCCCCCC)OC(=O)C(=C)C)c2ccccc12. The molecule has 2 rings (SSSR count). The molecular weight excluding hydrogens is 893 g/mol. The smallest absolute Gasteiger partial charge is 0.339 e. The van der Waals surface area contributed by atoms with E-state index in [0.717, 1.165) is 32.1 Å². The minimum atomic E-state index is -1.22. The Morgan fingerprint density at radius 1 is 0.465 bits per heavy atom. The van der Waals surface area contributed by atoms with Gasteiger partial charge in [0.05, 0.1) is 13.2 Å². The summed E-state index contributed by atoms with van der Waals surface area (Å²) in [4.78, 5) is 38.1. The van der Waals surface area contributed by atoms with Gasteiger partial charge in [0.15, 0.2) is 12.2 Å². The standard InChI is InChI=1S/C61H100O10/c1-7-9-11-13-15-17-19-21-23-25-27-29-31-33-35-39-43-66-46-52(70-60(64)50(3)4)48-68-57-45-56(59(62)63)58(55-42-38-37-41-54(55)57)69-49-53(71-61(65)51(5)6)47-67-44-40-36-34-32-30-28-26-24-22-20-18-16-14-12-10-8-2/h37-38,41-42,45,52-53H,3,5,7-36,39-40,43-44,46-49H2,1-2,4,6H3,(H,62,63). The second-order valence-corrected chi connectivity index (χ2v) is 20.1. The summed E-state index contributed by atoms with van der Waals surface area (Å²) in [6, 6.07) is 8.59. The van der Waals surface area contributed by atoms with Crippen LogP contribution >= 0.6 is 0 Å². The number of fused-ring (bicyclic) bond motifs is 1. The van der Waals surface area contributed by atoms with Crippen molar-refractivity contribution in [3.63, 3.8) is 0 Å². The van der Waals surface area contributed by atoms with Gasteiger partial charge in [0.25, 0.3) is 0 Å². The van der Waals surface area contributed by atoms with Crippen LogP contribution in [0.25, 0.3) is 10.8 Å². The number of carbonyl (C=O) groups is 3. The van der Waals surface area contributed by atoms with Gasteiger partial charge in [0.2, 0.25) is 0 Å². The first-order valence-corrected chi connectivity index (χ1v) is 28.5. The Balaban J connectivity index is 1.85. The van der Waals surface area contributed by atoms with E-state index < -0.39 is 30.1 Å². The number of benzene rings is 2. The summed E-state index contributed by atoms with van der Waals surface area (Å²) in [5, 5.41) is 11.5. The van der Waals surface area contributed by atoms with Crippen LogP contribution < -0.4 is 9.47 Å². The fourth-order valence-electron chi connectivity index (χ4n) is 8.78. The summed E-state index contributed by atoms with van der Waals surface area (Å²) in [5.74, 6) is -1.96. The summed E-state index contributed by atoms with van der Waals surface area (Å²) < 4.78 is 35.8. The molecule has 0 fully saturated rings. The van der Waals surface area contributed by atoms with E-state index >= 15 is 0 Å². The molecule has 0 radical (unpaired) electrons. The molecule has 71 heavy (non-hydrogen) atoms. The zero-order chi connectivity index (χ0) is 51.6. The van der Waals surface area contributed by atoms with Crippen molar-refractivity contribution in [1.29, 1.82) is 0 Å². The second kappa shape index (κ2) is 42.6. The molecule has 2 aromatic carbocycles. The minimum absolute atomic E-state index is 0.0725. The normalized spacial score (nSPS) is 12.2. The third-order valence-corrected chi connectivity index (χ3v) is 13.2. The lowest BCUT2D eigenvalue weighted by Gasteiger charge is -2.22. The van der Waals surface area contributed by atoms with Gasteiger partial charge >= 0.3 is 17.9 Å². The van der Waals surface area contributed by atoms with E-state index in [0.29, 0.717) is 24.0 Å². The van der Waals surface area contributed by atoms with E-state index in [1.165, 1.54) is 179 Å². The molecule has 1 N–H and O–H groups in total. The van der Waals surface area contributed by atoms with Crippen LogP contribution in [-0.2, 0) is 28.5 Å². The highest BCUT2D eigenvalue weighted by atomic mass is 16.6. The van der Waals surface area contributed by atoms with Crippen LogP contribution in [0.4, 0.5) is 0 Å². The highest BCUT2D eigenvalue weighted by Crippen LogP contribution is 2.37. The Hall–Kier alpha value is -3.89. The Bertz CT molecular complexity index is 1720. The first-order chi connectivity index (χ1) is 34.6. The zero-order valence-corrected chi connectivity index (χ0v) is 45.4. The van der Waals surface area contributed by atoms with E-state index in [2.05, 4.69) is 27.0 Å². The van der Waals surface area contributed by atoms with Gasteiger partial charge in [-0.2, -0.15) is 0 Å². The van der Waals surface area contributed by atoms with Crippen LogP contribution in [0.3, 0.4) is 0 Å². The molecule has 0 heterocycles. The number of hydrogen-bond donors (Lipinski definition) is 1. The molecular formula is C61H100O10. The molecule has 0 aliphatic heterocycles. The van der Waals surface area contributed by atoms with Gasteiger partial charge in [-0.25, -0.2) is 14.4 Å². The van der Waals surface area contributed by atoms with Gasteiger partial charge in [0, 0.05) is 35.1 Å². The van der Waals surface area contributed by atoms with Crippen LogP contribution in [0, 0.1) is 0 Å². The lowest BCUT2D eigenvalue weighted by atomic mass is 10.0. The summed E-state index contributed by atoms with van der Waals surface area (Å²) >= 11 is 0. The maximum atomic E-state index is 12.8. The molecule has 0 amide bonds. The number of carboxylic acid groups (broad SMARTS) is 1. The van der Waals surface area contributed by atoms with Crippen molar-refractivity contribution in [3.05, 3.63) is 60.2 Å². The van der Waals surface area contributed by atoms with Gasteiger partial charge in [-0.05, 0) is 32.8 Å². The number of carbonyl (C=O) groups excluding carboxylic acids is 2. The predicted molar refractivity (Wildman–Crippen MR) is 292 cm³/mol. The average Bonchev–Trinajstić information content (AvgIpc) is 3.35. The number of unbranched alkanes of at least 4 members (excludes halogenated alkanes) is 30. The number of ether oxygens (including phenoxy) is 6. The zero-order valence-electron chi connectivity index (χ0n) is 45.4. The molecule has 2 unspecified atom stereocenters. The lowest BCUT2D eigenvalue weighted by Crippen LogP contribution is -2.31. The van der Waals surface area contributed by atoms with Crippen LogP contribution in [-0.4, -0.2) is 74.9 Å². The highest BCUT2D eigenvalue weighted by molar-refractivity contribution is 6.03. The average molecular weight is 993 g/mol. The molecule has 0 spiro atoms. The van der Waals surface area contributed by atoms with E-state index in [9.17, 15) is 19.5 Å². The van der Waals surface area contributed by atoms with Crippen LogP contribution in [0.1, 0.15) is 244 Å². The molecule has 0 aliphatic carbocycles. The van der Waals surface area contributed by atoms with Crippen molar-refractivity contribution in [2.24, 2.45) is 0 Å². The lowest BCUT2D eigenvalue weighted by molar-refractivity contribution is -0.150. The van der Waals surface area contributed by atoms with Gasteiger partial charge in [-0.3, -0.25) is 0 Å².